The number of hydrogen-bond donors (Lipinski definition) is 2. The van der Waals surface area contributed by atoms with E-state index in [2.05, 4.69) is 10.6 Å². The van der Waals surface area contributed by atoms with Crippen LogP contribution in [0.1, 0.15) is 32.1 Å². The maximum absolute atomic E-state index is 11.6. The van der Waals surface area contributed by atoms with Gasteiger partial charge in [0.25, 0.3) is 0 Å². The van der Waals surface area contributed by atoms with Gasteiger partial charge in [-0.25, -0.2) is 0 Å². The summed E-state index contributed by atoms with van der Waals surface area (Å²) in [4.78, 5) is 11.6. The minimum atomic E-state index is -0.176. The number of carbonyl (C=O) groups excluding carboxylic acids is 1. The van der Waals surface area contributed by atoms with Gasteiger partial charge in [-0.1, -0.05) is 0 Å². The molecule has 2 saturated heterocycles. The van der Waals surface area contributed by atoms with Crippen molar-refractivity contribution >= 4 is 5.91 Å². The highest BCUT2D eigenvalue weighted by Gasteiger charge is 2.23. The van der Waals surface area contributed by atoms with Crippen LogP contribution in [0.3, 0.4) is 0 Å². The maximum atomic E-state index is 11.6. The van der Waals surface area contributed by atoms with Crippen LogP contribution in [0.25, 0.3) is 0 Å². The molecule has 0 radical (unpaired) electrons. The fourth-order valence-corrected chi connectivity index (χ4v) is 2.47. The first-order valence-corrected chi connectivity index (χ1v) is 6.46. The summed E-state index contributed by atoms with van der Waals surface area (Å²) >= 11 is 0. The first kappa shape index (κ1) is 11.9. The van der Waals surface area contributed by atoms with Crippen molar-refractivity contribution in [3.05, 3.63) is 0 Å². The molecule has 0 aromatic carbocycles. The molecule has 2 aliphatic heterocycles. The Balaban J connectivity index is 1.57. The lowest BCUT2D eigenvalue weighted by Crippen LogP contribution is -2.37. The zero-order valence-corrected chi connectivity index (χ0v) is 9.84. The van der Waals surface area contributed by atoms with E-state index < -0.39 is 0 Å². The highest BCUT2D eigenvalue weighted by molar-refractivity contribution is 5.80. The van der Waals surface area contributed by atoms with Crippen molar-refractivity contribution in [1.82, 2.24) is 10.6 Å². The normalized spacial score (nSPS) is 30.2. The van der Waals surface area contributed by atoms with E-state index in [0.717, 1.165) is 51.4 Å². The van der Waals surface area contributed by atoms with Gasteiger partial charge in [-0.05, 0) is 51.1 Å². The van der Waals surface area contributed by atoms with E-state index in [-0.39, 0.29) is 12.0 Å². The molecule has 2 N–H and O–H groups in total. The third-order valence-corrected chi connectivity index (χ3v) is 3.47. The molecular weight excluding hydrogens is 204 g/mol. The zero-order chi connectivity index (χ0) is 11.2. The summed E-state index contributed by atoms with van der Waals surface area (Å²) in [5, 5.41) is 6.37. The van der Waals surface area contributed by atoms with Gasteiger partial charge in [0.2, 0.25) is 5.91 Å². The van der Waals surface area contributed by atoms with Gasteiger partial charge in [0, 0.05) is 13.2 Å². The highest BCUT2D eigenvalue weighted by Crippen LogP contribution is 2.14. The summed E-state index contributed by atoms with van der Waals surface area (Å²) in [5.74, 6) is 0.819. The van der Waals surface area contributed by atoms with Crippen molar-refractivity contribution in [2.45, 2.75) is 38.2 Å². The summed E-state index contributed by atoms with van der Waals surface area (Å²) in [6, 6.07) is 0. The van der Waals surface area contributed by atoms with Crippen molar-refractivity contribution < 1.29 is 9.53 Å². The molecule has 0 aromatic heterocycles. The van der Waals surface area contributed by atoms with Gasteiger partial charge >= 0.3 is 0 Å². The molecule has 92 valence electrons. The standard InChI is InChI=1S/C12H22N2O2/c15-12(11-4-2-8-16-11)14-7-5-10-3-1-6-13-9-10/h10-11,13H,1-9H2,(H,14,15)/t10?,11-/m0/s1. The third kappa shape index (κ3) is 3.46. The van der Waals surface area contributed by atoms with E-state index in [4.69, 9.17) is 4.74 Å². The fourth-order valence-electron chi connectivity index (χ4n) is 2.47. The fraction of sp³-hybridized carbons (Fsp3) is 0.917. The molecule has 0 spiro atoms. The smallest absolute Gasteiger partial charge is 0.249 e. The molecule has 0 aliphatic carbocycles. The van der Waals surface area contributed by atoms with Crippen LogP contribution in [0.5, 0.6) is 0 Å². The Kier molecular flexibility index (Phi) is 4.60. The number of rotatable bonds is 4. The highest BCUT2D eigenvalue weighted by atomic mass is 16.5. The maximum Gasteiger partial charge on any atom is 0.249 e. The molecule has 0 saturated carbocycles. The van der Waals surface area contributed by atoms with Crippen LogP contribution < -0.4 is 10.6 Å². The summed E-state index contributed by atoms with van der Waals surface area (Å²) in [6.45, 7) is 3.80. The quantitative estimate of drug-likeness (QED) is 0.741. The average molecular weight is 226 g/mol. The number of ether oxygens (including phenoxy) is 1. The van der Waals surface area contributed by atoms with Crippen LogP contribution in [0, 0.1) is 5.92 Å². The predicted molar refractivity (Wildman–Crippen MR) is 62.2 cm³/mol. The van der Waals surface area contributed by atoms with Crippen LogP contribution in [0.4, 0.5) is 0 Å². The Hall–Kier alpha value is -0.610. The molecule has 2 heterocycles. The van der Waals surface area contributed by atoms with Crippen LogP contribution in [-0.2, 0) is 9.53 Å². The Morgan fingerprint density at radius 1 is 1.38 bits per heavy atom. The van der Waals surface area contributed by atoms with Crippen LogP contribution in [0.2, 0.25) is 0 Å². The van der Waals surface area contributed by atoms with E-state index >= 15 is 0 Å². The first-order chi connectivity index (χ1) is 7.86. The monoisotopic (exact) mass is 226 g/mol. The van der Waals surface area contributed by atoms with Gasteiger partial charge in [-0.2, -0.15) is 0 Å². The molecule has 0 aromatic rings. The molecule has 1 unspecified atom stereocenters. The molecule has 2 aliphatic rings. The van der Waals surface area contributed by atoms with Crippen molar-refractivity contribution in [3.63, 3.8) is 0 Å². The van der Waals surface area contributed by atoms with Crippen molar-refractivity contribution in [2.75, 3.05) is 26.2 Å². The Bertz CT molecular complexity index is 221. The van der Waals surface area contributed by atoms with E-state index in [0.29, 0.717) is 0 Å². The lowest BCUT2D eigenvalue weighted by atomic mass is 9.96. The molecule has 4 heteroatoms. The molecule has 2 fully saturated rings. The van der Waals surface area contributed by atoms with E-state index in [1.54, 1.807) is 0 Å². The van der Waals surface area contributed by atoms with Gasteiger partial charge in [-0.15, -0.1) is 0 Å². The Labute approximate surface area is 97.1 Å². The summed E-state index contributed by atoms with van der Waals surface area (Å²) in [7, 11) is 0. The number of nitrogens with one attached hydrogen (secondary N) is 2. The van der Waals surface area contributed by atoms with Crippen molar-refractivity contribution in [3.8, 4) is 0 Å². The summed E-state index contributed by atoms with van der Waals surface area (Å²) in [5.41, 5.74) is 0. The van der Waals surface area contributed by atoms with Gasteiger partial charge < -0.3 is 15.4 Å². The molecule has 0 bridgehead atoms. The number of hydrogen-bond acceptors (Lipinski definition) is 3. The van der Waals surface area contributed by atoms with E-state index in [9.17, 15) is 4.79 Å². The first-order valence-electron chi connectivity index (χ1n) is 6.46. The number of carbonyl (C=O) groups is 1. The molecule has 2 atom stereocenters. The van der Waals surface area contributed by atoms with Crippen molar-refractivity contribution in [1.29, 1.82) is 0 Å². The predicted octanol–water partition coefficient (Wildman–Crippen LogP) is 0.671. The topological polar surface area (TPSA) is 50.4 Å². The van der Waals surface area contributed by atoms with Crippen LogP contribution in [0.15, 0.2) is 0 Å². The van der Waals surface area contributed by atoms with E-state index in [1.807, 2.05) is 0 Å². The Morgan fingerprint density at radius 3 is 3.00 bits per heavy atom. The van der Waals surface area contributed by atoms with Crippen LogP contribution >= 0.6 is 0 Å². The summed E-state index contributed by atoms with van der Waals surface area (Å²) in [6.07, 6.45) is 5.38. The van der Waals surface area contributed by atoms with Crippen molar-refractivity contribution in [2.24, 2.45) is 5.92 Å². The second kappa shape index (κ2) is 6.21. The van der Waals surface area contributed by atoms with Gasteiger partial charge in [0.05, 0.1) is 0 Å². The second-order valence-electron chi connectivity index (χ2n) is 4.79. The average Bonchev–Trinajstić information content (AvgIpc) is 2.84. The molecule has 2 rings (SSSR count). The minimum absolute atomic E-state index is 0.0845. The van der Waals surface area contributed by atoms with E-state index in [1.165, 1.54) is 12.8 Å². The third-order valence-electron chi connectivity index (χ3n) is 3.47. The lowest BCUT2D eigenvalue weighted by Gasteiger charge is -2.22. The molecule has 4 nitrogen and oxygen atoms in total. The number of piperidine rings is 1. The second-order valence-corrected chi connectivity index (χ2v) is 4.79. The lowest BCUT2D eigenvalue weighted by molar-refractivity contribution is -0.130. The van der Waals surface area contributed by atoms with Gasteiger partial charge in [0.15, 0.2) is 0 Å². The molecule has 1 amide bonds. The SMILES string of the molecule is O=C(NCCC1CCCNC1)[C@@H]1CCCO1. The van der Waals surface area contributed by atoms with Gasteiger partial charge in [-0.3, -0.25) is 4.79 Å². The minimum Gasteiger partial charge on any atom is -0.368 e. The Morgan fingerprint density at radius 2 is 2.31 bits per heavy atom. The molecular formula is C12H22N2O2. The van der Waals surface area contributed by atoms with Gasteiger partial charge in [0.1, 0.15) is 6.10 Å². The molecule has 16 heavy (non-hydrogen) atoms. The largest absolute Gasteiger partial charge is 0.368 e. The summed E-state index contributed by atoms with van der Waals surface area (Å²) < 4.78 is 5.33. The zero-order valence-electron chi connectivity index (χ0n) is 9.84. The van der Waals surface area contributed by atoms with Crippen LogP contribution in [-0.4, -0.2) is 38.3 Å². The number of amides is 1.